The number of aromatic amines is 1. The van der Waals surface area contributed by atoms with Gasteiger partial charge in [0.25, 0.3) is 11.8 Å². The van der Waals surface area contributed by atoms with E-state index in [-0.39, 0.29) is 55.4 Å². The molecule has 9 aliphatic rings. The van der Waals surface area contributed by atoms with Gasteiger partial charge in [-0.3, -0.25) is 27.8 Å². The van der Waals surface area contributed by atoms with E-state index in [1.54, 1.807) is 127 Å². The molecule has 10 aromatic heterocycles. The summed E-state index contributed by atoms with van der Waals surface area (Å²) in [4.78, 5) is 95.9. The first kappa shape index (κ1) is 86.7. The summed E-state index contributed by atoms with van der Waals surface area (Å²) >= 11 is 0. The van der Waals surface area contributed by atoms with Crippen LogP contribution in [0.5, 0.6) is 5.75 Å². The maximum Gasteiger partial charge on any atom is 0.328 e. The van der Waals surface area contributed by atoms with Gasteiger partial charge in [-0.05, 0) is 130 Å². The molecule has 7 aliphatic heterocycles. The van der Waals surface area contributed by atoms with E-state index in [0.717, 1.165) is 80.8 Å². The third kappa shape index (κ3) is 16.2. The molecule has 34 nitrogen and oxygen atoms in total. The molecular formula is C95H85F7N30O4. The van der Waals surface area contributed by atoms with Crippen molar-refractivity contribution in [1.82, 2.24) is 92.6 Å². The van der Waals surface area contributed by atoms with E-state index in [9.17, 15) is 35.5 Å². The van der Waals surface area contributed by atoms with Crippen LogP contribution in [0.1, 0.15) is 94.3 Å². The highest BCUT2D eigenvalue weighted by molar-refractivity contribution is 5.93. The van der Waals surface area contributed by atoms with Gasteiger partial charge in [-0.25, -0.2) is 81.7 Å². The first-order valence-corrected chi connectivity index (χ1v) is 44.5. The molecule has 2 aliphatic carbocycles. The highest BCUT2D eigenvalue weighted by atomic mass is 19.3. The van der Waals surface area contributed by atoms with Crippen LogP contribution in [0, 0.1) is 43.1 Å². The number of fused-ring (bicyclic) bond motifs is 9. The summed E-state index contributed by atoms with van der Waals surface area (Å²) in [6.07, 6.45) is 21.6. The van der Waals surface area contributed by atoms with Crippen LogP contribution in [-0.4, -0.2) is 189 Å². The Morgan fingerprint density at radius 2 is 1.06 bits per heavy atom. The number of H-pyrrole nitrogens is 1. The molecule has 17 heterocycles. The zero-order valence-electron chi connectivity index (χ0n) is 73.2. The Hall–Kier alpha value is -16.0. The number of halogens is 7. The fraction of sp³-hybridized carbons (Fsp3) is 0.316. The van der Waals surface area contributed by atoms with Crippen molar-refractivity contribution in [2.24, 2.45) is 5.92 Å². The molecule has 136 heavy (non-hydrogen) atoms. The molecule has 41 heteroatoms. The number of alkyl halides is 4. The van der Waals surface area contributed by atoms with E-state index < -0.39 is 48.3 Å². The van der Waals surface area contributed by atoms with Gasteiger partial charge in [-0.15, -0.1) is 0 Å². The lowest BCUT2D eigenvalue weighted by atomic mass is 9.92. The smallest absolute Gasteiger partial charge is 0.328 e. The summed E-state index contributed by atoms with van der Waals surface area (Å²) in [7, 11) is 1.74. The normalized spacial score (nSPS) is 18.5. The van der Waals surface area contributed by atoms with Crippen LogP contribution in [0.25, 0.3) is 105 Å². The Morgan fingerprint density at radius 1 is 0.544 bits per heavy atom. The fourth-order valence-corrected chi connectivity index (χ4v) is 19.2. The molecule has 5 aromatic carbocycles. The number of benzene rings is 5. The minimum Gasteiger partial charge on any atom is -0.490 e. The first-order chi connectivity index (χ1) is 66.0. The largest absolute Gasteiger partial charge is 0.490 e. The molecule has 0 unspecified atom stereocenters. The molecule has 5 fully saturated rings. The second-order valence-corrected chi connectivity index (χ2v) is 34.6. The van der Waals surface area contributed by atoms with E-state index >= 15 is 0 Å². The molecule has 15 aromatic rings. The van der Waals surface area contributed by atoms with E-state index in [0.29, 0.717) is 193 Å². The number of para-hydroxylation sites is 1. The van der Waals surface area contributed by atoms with Crippen LogP contribution in [-0.2, 0) is 15.9 Å². The molecule has 0 bridgehead atoms. The maximum absolute atomic E-state index is 14.5. The summed E-state index contributed by atoms with van der Waals surface area (Å²) in [5.74, 6) is 0.120. The highest BCUT2D eigenvalue weighted by Gasteiger charge is 2.50. The summed E-state index contributed by atoms with van der Waals surface area (Å²) in [6.45, 7) is 35.5. The van der Waals surface area contributed by atoms with Crippen LogP contribution in [0.4, 0.5) is 88.3 Å². The van der Waals surface area contributed by atoms with Crippen molar-refractivity contribution in [3.63, 3.8) is 0 Å². The van der Waals surface area contributed by atoms with Crippen LogP contribution >= 0.6 is 0 Å². The minimum absolute atomic E-state index is 0.123. The molecule has 3 saturated heterocycles. The number of hydrogen-bond acceptors (Lipinski definition) is 25. The summed E-state index contributed by atoms with van der Waals surface area (Å²) in [5.41, 5.74) is 11.0. The standard InChI is InChI=1S/C25H19F2N7O2.C24H24F2N8O.C23H22F2N8.C23H20FN7O/c1-28-10-3-6-18-21-23(32-24(30-18)33-13-29-17-8-7-14(26)12-20(17)33)34(25(35)31-21)19-9-11-36-22-15(19)4-2-5-16(22)27;1-14-29-20-21(32-11-24(25,26)12-32)30-23(33-13-28-18-9-4-15(27-2)10-19(18)33)31-22(20)34(14)16-5-7-17(35-3)8-6-16;1-14-28-19-20(31-11-23(24,25)12-31)29-22(30-21(19)32(14)10-15-5-3-4-6-15)33-13-27-17-8-7-16(26-2)9-18(17)33;1-14-27-21-20(15-3-2-8-25-12-15)28-23(29-22(21)31(14)17-6-9-32-10-7-17)30-13-26-18-5-4-16(24)11-19(18)30/h2,4-5,7-8,12-13,19H,3,6,9-11H2,(H,31,35);4,9-10,13,16-17,29H,1,5-8,11-12H2,3H3;7-9,13,15,28H,1,3-6,10-12H2;2-5,8,11-13,17,27H,1,6-7,9-10H2/t19-;;;/m1.../s1. The molecule has 1 atom stereocenters. The van der Waals surface area contributed by atoms with Gasteiger partial charge in [0.15, 0.2) is 57.7 Å². The van der Waals surface area contributed by atoms with E-state index in [2.05, 4.69) is 99.9 Å². The summed E-state index contributed by atoms with van der Waals surface area (Å²) in [6, 6.07) is 27.4. The van der Waals surface area contributed by atoms with Gasteiger partial charge >= 0.3 is 5.69 Å². The number of rotatable bonds is 16. The zero-order valence-corrected chi connectivity index (χ0v) is 73.2. The Labute approximate surface area is 771 Å². The van der Waals surface area contributed by atoms with Gasteiger partial charge in [0.2, 0.25) is 30.3 Å². The molecule has 0 spiro atoms. The van der Waals surface area contributed by atoms with Gasteiger partial charge in [0.1, 0.15) is 82.7 Å². The third-order valence-corrected chi connectivity index (χ3v) is 25.9. The average molecular weight is 1840 g/mol. The van der Waals surface area contributed by atoms with Crippen LogP contribution < -0.4 is 50.9 Å². The second-order valence-electron chi connectivity index (χ2n) is 34.6. The third-order valence-electron chi connectivity index (χ3n) is 25.9. The van der Waals surface area contributed by atoms with Crippen LogP contribution in [0.15, 0.2) is 183 Å². The molecule has 0 amide bonds. The maximum atomic E-state index is 14.5. The van der Waals surface area contributed by atoms with Crippen molar-refractivity contribution < 1.29 is 44.9 Å². The van der Waals surface area contributed by atoms with Gasteiger partial charge in [0, 0.05) is 87.4 Å². The molecule has 2 saturated carbocycles. The minimum atomic E-state index is -2.75. The lowest BCUT2D eigenvalue weighted by molar-refractivity contribution is -0.0272. The van der Waals surface area contributed by atoms with E-state index in [1.165, 1.54) is 54.1 Å². The second kappa shape index (κ2) is 35.2. The quantitative estimate of drug-likeness (QED) is 0.0397. The molecule has 0 radical (unpaired) electrons. The van der Waals surface area contributed by atoms with Gasteiger partial charge < -0.3 is 64.5 Å². The first-order valence-electron chi connectivity index (χ1n) is 44.5. The van der Waals surface area contributed by atoms with Gasteiger partial charge in [-0.1, -0.05) is 56.8 Å². The Morgan fingerprint density at radius 3 is 1.61 bits per heavy atom. The number of hydrogen-bond donors (Lipinski definition) is 4. The number of aromatic nitrogens is 19. The number of nitrogens with zero attached hydrogens (tertiary/aromatic N) is 26. The fourth-order valence-electron chi connectivity index (χ4n) is 19.2. The van der Waals surface area contributed by atoms with Crippen molar-refractivity contribution in [3.05, 3.63) is 251 Å². The Balaban J connectivity index is 0.000000109. The number of imidazole rings is 5. The van der Waals surface area contributed by atoms with Crippen molar-refractivity contribution in [2.75, 3.05) is 107 Å². The number of ether oxygens (including phenoxy) is 3. The molecule has 4 N–H and O–H groups in total. The van der Waals surface area contributed by atoms with E-state index in [1.807, 2.05) is 17.0 Å². The SMILES string of the molecule is C=C1Nc2c(-c3cccnc3)nc(-n3cnc4ccc(F)cc43)nc2N1C1CCOCC1.[C-]#[N+]CCCc1nc(-n2cnc3ccc(F)cc32)nc2c1[nH]c(=O)n2[C@@H]1CCOc2c(F)cccc21.[C-]#[N+]c1ccc2ncn(-c3nc(N4CC(F)(F)C4)c4c(n3)N(C3CCC(OC)CC3)C(=C)N4)c2c1.[C-]#[N+]c1ccc2ncn(-c3nc(N4CC(F)(F)C4)c4c(n3)N(CC3CCCC3)C(=C)N4)c2c1. The predicted molar refractivity (Wildman–Crippen MR) is 497 cm³/mol. The van der Waals surface area contributed by atoms with Crippen molar-refractivity contribution in [3.8, 4) is 40.8 Å². The molecule has 24 rings (SSSR count). The van der Waals surface area contributed by atoms with Crippen LogP contribution in [0.2, 0.25) is 0 Å². The summed E-state index contributed by atoms with van der Waals surface area (Å²) in [5, 5.41) is 9.90. The number of aryl methyl sites for hydroxylation is 1. The molecule has 688 valence electrons. The Kier molecular flexibility index (Phi) is 22.5. The van der Waals surface area contributed by atoms with Crippen molar-refractivity contribution in [2.45, 2.75) is 120 Å². The number of methoxy groups -OCH3 is 1. The van der Waals surface area contributed by atoms with Crippen LogP contribution in [0.3, 0.4) is 0 Å². The monoisotopic (exact) mass is 1840 g/mol. The van der Waals surface area contributed by atoms with Crippen molar-refractivity contribution >= 4 is 113 Å². The van der Waals surface area contributed by atoms with Gasteiger partial charge in [-0.2, -0.15) is 29.9 Å². The van der Waals surface area contributed by atoms with Crippen molar-refractivity contribution in [1.29, 1.82) is 0 Å². The topological polar surface area (TPSA) is 318 Å². The zero-order chi connectivity index (χ0) is 93.5. The lowest BCUT2D eigenvalue weighted by Gasteiger charge is -2.40. The summed E-state index contributed by atoms with van der Waals surface area (Å²) < 4.78 is 122. The lowest BCUT2D eigenvalue weighted by Crippen LogP contribution is -2.56. The highest BCUT2D eigenvalue weighted by Crippen LogP contribution is 2.51. The van der Waals surface area contributed by atoms with E-state index in [4.69, 9.17) is 63.8 Å². The average Bonchev–Trinajstić information content (AvgIpc) is 1.58. The predicted octanol–water partition coefficient (Wildman–Crippen LogP) is 17.1. The molecular weight excluding hydrogens is 1760 g/mol. The number of pyridine rings is 1. The number of nitrogens with one attached hydrogen (secondary N) is 4. The Bertz CT molecular complexity index is 7480. The van der Waals surface area contributed by atoms with Gasteiger partial charge in [0.05, 0.1) is 108 Å². The number of anilines is 8.